The molecule has 0 spiro atoms. The maximum absolute atomic E-state index is 12.4. The van der Waals surface area contributed by atoms with E-state index in [4.69, 9.17) is 0 Å². The topological polar surface area (TPSA) is 29.1 Å². The van der Waals surface area contributed by atoms with E-state index in [9.17, 15) is 4.79 Å². The predicted octanol–water partition coefficient (Wildman–Crippen LogP) is 5.21. The SMILES string of the molecule is CC(CC(=O)NC(C)c1cccc2ccccc12)c1ccccc1. The van der Waals surface area contributed by atoms with E-state index in [0.29, 0.717) is 6.42 Å². The quantitative estimate of drug-likeness (QED) is 0.687. The van der Waals surface area contributed by atoms with Crippen molar-refractivity contribution in [2.24, 2.45) is 0 Å². The molecule has 1 amide bonds. The Morgan fingerprint density at radius 1 is 0.875 bits per heavy atom. The van der Waals surface area contributed by atoms with Crippen LogP contribution in [-0.4, -0.2) is 5.91 Å². The first-order chi connectivity index (χ1) is 11.6. The normalized spacial score (nSPS) is 13.4. The summed E-state index contributed by atoms with van der Waals surface area (Å²) in [5, 5.41) is 5.55. The number of fused-ring (bicyclic) bond motifs is 1. The highest BCUT2D eigenvalue weighted by atomic mass is 16.1. The molecule has 122 valence electrons. The molecule has 2 unspecified atom stereocenters. The van der Waals surface area contributed by atoms with E-state index in [0.717, 1.165) is 5.56 Å². The van der Waals surface area contributed by atoms with Crippen LogP contribution < -0.4 is 5.32 Å². The number of benzene rings is 3. The van der Waals surface area contributed by atoms with Crippen molar-refractivity contribution >= 4 is 16.7 Å². The van der Waals surface area contributed by atoms with E-state index in [-0.39, 0.29) is 17.9 Å². The Balaban J connectivity index is 1.70. The van der Waals surface area contributed by atoms with Gasteiger partial charge in [-0.25, -0.2) is 0 Å². The first-order valence-electron chi connectivity index (χ1n) is 8.47. The van der Waals surface area contributed by atoms with Crippen LogP contribution in [0.4, 0.5) is 0 Å². The fraction of sp³-hybridized carbons (Fsp3) is 0.227. The van der Waals surface area contributed by atoms with E-state index in [1.165, 1.54) is 16.3 Å². The van der Waals surface area contributed by atoms with Crippen LogP contribution in [0.5, 0.6) is 0 Å². The molecule has 24 heavy (non-hydrogen) atoms. The molecule has 0 aliphatic rings. The molecule has 2 atom stereocenters. The van der Waals surface area contributed by atoms with Crippen LogP contribution in [-0.2, 0) is 4.79 Å². The number of amides is 1. The summed E-state index contributed by atoms with van der Waals surface area (Å²) in [6.45, 7) is 4.14. The summed E-state index contributed by atoms with van der Waals surface area (Å²) < 4.78 is 0. The third-order valence-electron chi connectivity index (χ3n) is 4.53. The predicted molar refractivity (Wildman–Crippen MR) is 100.0 cm³/mol. The van der Waals surface area contributed by atoms with Crippen molar-refractivity contribution in [3.05, 3.63) is 83.9 Å². The fourth-order valence-electron chi connectivity index (χ4n) is 3.18. The molecular weight excluding hydrogens is 294 g/mol. The van der Waals surface area contributed by atoms with Gasteiger partial charge in [0.1, 0.15) is 0 Å². The lowest BCUT2D eigenvalue weighted by Gasteiger charge is -2.18. The molecule has 0 aromatic heterocycles. The molecule has 0 bridgehead atoms. The molecular formula is C22H23NO. The average molecular weight is 317 g/mol. The molecule has 3 aromatic rings. The van der Waals surface area contributed by atoms with Crippen LogP contribution in [0.3, 0.4) is 0 Å². The zero-order valence-corrected chi connectivity index (χ0v) is 14.2. The molecule has 0 saturated carbocycles. The van der Waals surface area contributed by atoms with E-state index in [1.54, 1.807) is 0 Å². The highest BCUT2D eigenvalue weighted by molar-refractivity contribution is 5.87. The van der Waals surface area contributed by atoms with Crippen LogP contribution in [0.15, 0.2) is 72.8 Å². The van der Waals surface area contributed by atoms with E-state index in [1.807, 2.05) is 43.3 Å². The van der Waals surface area contributed by atoms with E-state index >= 15 is 0 Å². The van der Waals surface area contributed by atoms with Gasteiger partial charge in [0.05, 0.1) is 6.04 Å². The van der Waals surface area contributed by atoms with Crippen LogP contribution in [0.1, 0.15) is 43.4 Å². The highest BCUT2D eigenvalue weighted by Gasteiger charge is 2.15. The summed E-state index contributed by atoms with van der Waals surface area (Å²) >= 11 is 0. The second kappa shape index (κ2) is 7.31. The summed E-state index contributed by atoms with van der Waals surface area (Å²) in [7, 11) is 0. The average Bonchev–Trinajstić information content (AvgIpc) is 2.61. The molecule has 0 fully saturated rings. The molecule has 3 aromatic carbocycles. The third kappa shape index (κ3) is 3.65. The van der Waals surface area contributed by atoms with Crippen molar-refractivity contribution in [1.29, 1.82) is 0 Å². The van der Waals surface area contributed by atoms with Crippen LogP contribution in [0, 0.1) is 0 Å². The Hall–Kier alpha value is -2.61. The first-order valence-corrected chi connectivity index (χ1v) is 8.47. The lowest BCUT2D eigenvalue weighted by atomic mass is 9.96. The molecule has 0 saturated heterocycles. The minimum atomic E-state index is -0.00780. The number of carbonyl (C=O) groups excluding carboxylic acids is 1. The Kier molecular flexibility index (Phi) is 4.95. The van der Waals surface area contributed by atoms with Gasteiger partial charge in [0.25, 0.3) is 0 Å². The van der Waals surface area contributed by atoms with Crippen molar-refractivity contribution in [1.82, 2.24) is 5.32 Å². The summed E-state index contributed by atoms with van der Waals surface area (Å²) in [5.74, 6) is 0.303. The van der Waals surface area contributed by atoms with Gasteiger partial charge >= 0.3 is 0 Å². The maximum Gasteiger partial charge on any atom is 0.221 e. The standard InChI is InChI=1S/C22H23NO/c1-16(18-9-4-3-5-10-18)15-22(24)23-17(2)20-14-8-12-19-11-6-7-13-21(19)20/h3-14,16-17H,15H2,1-2H3,(H,23,24). The smallest absolute Gasteiger partial charge is 0.221 e. The molecule has 3 rings (SSSR count). The van der Waals surface area contributed by atoms with Crippen molar-refractivity contribution in [3.8, 4) is 0 Å². The molecule has 2 nitrogen and oxygen atoms in total. The highest BCUT2D eigenvalue weighted by Crippen LogP contribution is 2.25. The summed E-state index contributed by atoms with van der Waals surface area (Å²) in [4.78, 5) is 12.4. The number of carbonyl (C=O) groups is 1. The van der Waals surface area contributed by atoms with Crippen molar-refractivity contribution in [3.63, 3.8) is 0 Å². The molecule has 0 heterocycles. The van der Waals surface area contributed by atoms with Gasteiger partial charge in [-0.05, 0) is 34.7 Å². The lowest BCUT2D eigenvalue weighted by molar-refractivity contribution is -0.122. The van der Waals surface area contributed by atoms with Crippen molar-refractivity contribution < 1.29 is 4.79 Å². The van der Waals surface area contributed by atoms with Crippen LogP contribution in [0.2, 0.25) is 0 Å². The summed E-state index contributed by atoms with van der Waals surface area (Å²) in [6.07, 6.45) is 0.499. The zero-order chi connectivity index (χ0) is 16.9. The maximum atomic E-state index is 12.4. The Morgan fingerprint density at radius 2 is 1.54 bits per heavy atom. The van der Waals surface area contributed by atoms with Gasteiger partial charge in [-0.1, -0.05) is 79.7 Å². The second-order valence-electron chi connectivity index (χ2n) is 6.37. The molecule has 0 aliphatic heterocycles. The third-order valence-corrected chi connectivity index (χ3v) is 4.53. The van der Waals surface area contributed by atoms with Gasteiger partial charge in [0.2, 0.25) is 5.91 Å². The molecule has 2 heteroatoms. The van der Waals surface area contributed by atoms with E-state index in [2.05, 4.69) is 48.6 Å². The van der Waals surface area contributed by atoms with Crippen molar-refractivity contribution in [2.75, 3.05) is 0 Å². The zero-order valence-electron chi connectivity index (χ0n) is 14.2. The van der Waals surface area contributed by atoms with Gasteiger partial charge in [0.15, 0.2) is 0 Å². The van der Waals surface area contributed by atoms with Gasteiger partial charge in [-0.3, -0.25) is 4.79 Å². The second-order valence-corrected chi connectivity index (χ2v) is 6.37. The first kappa shape index (κ1) is 16.3. The number of nitrogens with one attached hydrogen (secondary N) is 1. The van der Waals surface area contributed by atoms with Gasteiger partial charge in [-0.2, -0.15) is 0 Å². The van der Waals surface area contributed by atoms with Gasteiger partial charge in [0, 0.05) is 6.42 Å². The molecule has 0 aliphatic carbocycles. The lowest BCUT2D eigenvalue weighted by Crippen LogP contribution is -2.27. The summed E-state index contributed by atoms with van der Waals surface area (Å²) in [6, 6.07) is 24.7. The Morgan fingerprint density at radius 3 is 2.33 bits per heavy atom. The van der Waals surface area contributed by atoms with Crippen molar-refractivity contribution in [2.45, 2.75) is 32.2 Å². The molecule has 0 radical (unpaired) electrons. The molecule has 1 N–H and O–H groups in total. The monoisotopic (exact) mass is 317 g/mol. The number of rotatable bonds is 5. The fourth-order valence-corrected chi connectivity index (χ4v) is 3.18. The van der Waals surface area contributed by atoms with Gasteiger partial charge < -0.3 is 5.32 Å². The van der Waals surface area contributed by atoms with E-state index < -0.39 is 0 Å². The van der Waals surface area contributed by atoms with Crippen LogP contribution >= 0.6 is 0 Å². The minimum absolute atomic E-state index is 0.00780. The van der Waals surface area contributed by atoms with Crippen LogP contribution in [0.25, 0.3) is 10.8 Å². The number of hydrogen-bond donors (Lipinski definition) is 1. The Labute approximate surface area is 143 Å². The number of hydrogen-bond acceptors (Lipinski definition) is 1. The largest absolute Gasteiger partial charge is 0.350 e. The summed E-state index contributed by atoms with van der Waals surface area (Å²) in [5.41, 5.74) is 2.36. The van der Waals surface area contributed by atoms with Gasteiger partial charge in [-0.15, -0.1) is 0 Å². The minimum Gasteiger partial charge on any atom is -0.350 e. The Bertz CT molecular complexity index is 820.